The first-order chi connectivity index (χ1) is 7.22. The molecular weight excluding hydrogens is 279 g/mol. The van der Waals surface area contributed by atoms with Crippen LogP contribution in [-0.2, 0) is 0 Å². The van der Waals surface area contributed by atoms with Crippen LogP contribution in [0, 0.1) is 17.1 Å². The van der Waals surface area contributed by atoms with E-state index >= 15 is 0 Å². The number of rotatable bonds is 1. The first kappa shape index (κ1) is 10.3. The summed E-state index contributed by atoms with van der Waals surface area (Å²) in [5, 5.41) is 9.24. The van der Waals surface area contributed by atoms with E-state index in [1.165, 1.54) is 17.4 Å². The third-order valence-corrected chi connectivity index (χ3v) is 3.34. The summed E-state index contributed by atoms with van der Waals surface area (Å²) >= 11 is 4.59. The molecule has 2 nitrogen and oxygen atoms in total. The van der Waals surface area contributed by atoms with E-state index in [1.807, 2.05) is 0 Å². The van der Waals surface area contributed by atoms with Gasteiger partial charge < -0.3 is 0 Å². The summed E-state index contributed by atoms with van der Waals surface area (Å²) in [5.41, 5.74) is 0.406. The van der Waals surface area contributed by atoms with Gasteiger partial charge in [0.25, 0.3) is 0 Å². The number of hydrogen-bond donors (Lipinski definition) is 0. The largest absolute Gasteiger partial charge is 0.243 e. The molecule has 0 amide bonds. The molecule has 0 unspecified atom stereocenters. The summed E-state index contributed by atoms with van der Waals surface area (Å²) in [6, 6.07) is 6.51. The van der Waals surface area contributed by atoms with Gasteiger partial charge >= 0.3 is 0 Å². The highest BCUT2D eigenvalue weighted by atomic mass is 79.9. The summed E-state index contributed by atoms with van der Waals surface area (Å²) in [4.78, 5) is 4.04. The second-order valence-electron chi connectivity index (χ2n) is 2.75. The molecule has 0 saturated heterocycles. The van der Waals surface area contributed by atoms with Crippen molar-refractivity contribution in [3.63, 3.8) is 0 Å². The zero-order valence-electron chi connectivity index (χ0n) is 7.37. The van der Waals surface area contributed by atoms with Gasteiger partial charge in [0.1, 0.15) is 11.1 Å². The van der Waals surface area contributed by atoms with E-state index in [9.17, 15) is 4.39 Å². The van der Waals surface area contributed by atoms with Crippen molar-refractivity contribution in [3.05, 3.63) is 39.6 Å². The highest BCUT2D eigenvalue weighted by molar-refractivity contribution is 9.11. The van der Waals surface area contributed by atoms with Crippen LogP contribution in [0.5, 0.6) is 0 Å². The number of halogens is 2. The van der Waals surface area contributed by atoms with Crippen LogP contribution in [0.15, 0.2) is 28.2 Å². The second kappa shape index (κ2) is 4.09. The lowest BCUT2D eigenvalue weighted by molar-refractivity contribution is 0.627. The minimum atomic E-state index is -0.512. The Kier molecular flexibility index (Phi) is 2.80. The van der Waals surface area contributed by atoms with E-state index in [0.717, 1.165) is 3.79 Å². The van der Waals surface area contributed by atoms with Crippen molar-refractivity contribution >= 4 is 27.3 Å². The molecule has 15 heavy (non-hydrogen) atoms. The van der Waals surface area contributed by atoms with Crippen molar-refractivity contribution in [1.82, 2.24) is 4.98 Å². The molecule has 0 aliphatic rings. The Balaban J connectivity index is 2.59. The molecule has 5 heteroatoms. The predicted octanol–water partition coefficient (Wildman–Crippen LogP) is 3.58. The van der Waals surface area contributed by atoms with Crippen LogP contribution < -0.4 is 0 Å². The Hall–Kier alpha value is -1.25. The number of hydrogen-bond acceptors (Lipinski definition) is 3. The van der Waals surface area contributed by atoms with E-state index < -0.39 is 5.82 Å². The third-order valence-electron chi connectivity index (χ3n) is 1.83. The van der Waals surface area contributed by atoms with Crippen molar-refractivity contribution in [1.29, 1.82) is 5.26 Å². The van der Waals surface area contributed by atoms with Gasteiger partial charge in [-0.2, -0.15) is 5.26 Å². The Bertz CT molecular complexity index is 545. The SMILES string of the molecule is N#Cc1cccc(-c2ncc(Br)s2)c1F. The summed E-state index contributed by atoms with van der Waals surface area (Å²) in [6.45, 7) is 0. The molecule has 0 bridgehead atoms. The summed E-state index contributed by atoms with van der Waals surface area (Å²) < 4.78 is 14.5. The fraction of sp³-hybridized carbons (Fsp3) is 0. The number of nitrogens with zero attached hydrogens (tertiary/aromatic N) is 2. The van der Waals surface area contributed by atoms with Crippen LogP contribution in [-0.4, -0.2) is 4.98 Å². The summed E-state index contributed by atoms with van der Waals surface area (Å²) in [7, 11) is 0. The fourth-order valence-electron chi connectivity index (χ4n) is 1.16. The maximum atomic E-state index is 13.7. The lowest BCUT2D eigenvalue weighted by atomic mass is 10.1. The molecule has 0 saturated carbocycles. The second-order valence-corrected chi connectivity index (χ2v) is 5.16. The lowest BCUT2D eigenvalue weighted by Gasteiger charge is -1.99. The topological polar surface area (TPSA) is 36.7 Å². The molecule has 0 N–H and O–H groups in total. The molecular formula is C10H4BrFN2S. The van der Waals surface area contributed by atoms with Crippen molar-refractivity contribution < 1.29 is 4.39 Å². The van der Waals surface area contributed by atoms with Crippen LogP contribution in [0.4, 0.5) is 4.39 Å². The number of aromatic nitrogens is 1. The first-order valence-corrected chi connectivity index (χ1v) is 5.63. The van der Waals surface area contributed by atoms with E-state index in [1.54, 1.807) is 24.4 Å². The summed E-state index contributed by atoms with van der Waals surface area (Å²) in [6.07, 6.45) is 1.61. The molecule has 1 heterocycles. The number of thiazole rings is 1. The van der Waals surface area contributed by atoms with Crippen molar-refractivity contribution in [2.45, 2.75) is 0 Å². The first-order valence-electron chi connectivity index (χ1n) is 4.02. The predicted molar refractivity (Wildman–Crippen MR) is 59.9 cm³/mol. The third kappa shape index (κ3) is 1.91. The highest BCUT2D eigenvalue weighted by Crippen LogP contribution is 2.30. The maximum Gasteiger partial charge on any atom is 0.151 e. The molecule has 1 aromatic heterocycles. The van der Waals surface area contributed by atoms with E-state index in [0.29, 0.717) is 10.6 Å². The molecule has 1 aromatic carbocycles. The smallest absolute Gasteiger partial charge is 0.151 e. The van der Waals surface area contributed by atoms with Crippen molar-refractivity contribution in [2.75, 3.05) is 0 Å². The van der Waals surface area contributed by atoms with Gasteiger partial charge in [-0.25, -0.2) is 9.37 Å². The lowest BCUT2D eigenvalue weighted by Crippen LogP contribution is -1.87. The maximum absolute atomic E-state index is 13.7. The Labute approximate surface area is 98.1 Å². The van der Waals surface area contributed by atoms with E-state index in [4.69, 9.17) is 5.26 Å². The molecule has 0 radical (unpaired) electrons. The van der Waals surface area contributed by atoms with Gasteiger partial charge in [0.15, 0.2) is 5.82 Å². The number of benzene rings is 1. The van der Waals surface area contributed by atoms with E-state index in [-0.39, 0.29) is 5.56 Å². The van der Waals surface area contributed by atoms with Gasteiger partial charge in [-0.05, 0) is 28.1 Å². The van der Waals surface area contributed by atoms with Gasteiger partial charge in [-0.3, -0.25) is 0 Å². The Morgan fingerprint density at radius 1 is 1.47 bits per heavy atom. The molecule has 2 aromatic rings. The minimum absolute atomic E-state index is 0.0406. The summed E-state index contributed by atoms with van der Waals surface area (Å²) in [5.74, 6) is -0.512. The van der Waals surface area contributed by atoms with Crippen LogP contribution >= 0.6 is 27.3 Å². The Morgan fingerprint density at radius 3 is 2.87 bits per heavy atom. The molecule has 74 valence electrons. The molecule has 0 aliphatic heterocycles. The monoisotopic (exact) mass is 282 g/mol. The number of nitriles is 1. The molecule has 2 rings (SSSR count). The average molecular weight is 283 g/mol. The van der Waals surface area contributed by atoms with Gasteiger partial charge in [0, 0.05) is 5.56 Å². The molecule has 0 atom stereocenters. The zero-order valence-corrected chi connectivity index (χ0v) is 9.77. The molecule has 0 aliphatic carbocycles. The van der Waals surface area contributed by atoms with Crippen LogP contribution in [0.1, 0.15) is 5.56 Å². The van der Waals surface area contributed by atoms with Crippen LogP contribution in [0.25, 0.3) is 10.6 Å². The Morgan fingerprint density at radius 2 is 2.27 bits per heavy atom. The normalized spacial score (nSPS) is 9.93. The van der Waals surface area contributed by atoms with Crippen LogP contribution in [0.3, 0.4) is 0 Å². The average Bonchev–Trinajstić information content (AvgIpc) is 2.65. The quantitative estimate of drug-likeness (QED) is 0.802. The van der Waals surface area contributed by atoms with Crippen molar-refractivity contribution in [2.24, 2.45) is 0 Å². The van der Waals surface area contributed by atoms with Gasteiger partial charge in [-0.1, -0.05) is 6.07 Å². The standard InChI is InChI=1S/C10H4BrFN2S/c11-8-5-14-10(15-8)7-3-1-2-6(4-13)9(7)12/h1-3,5H. The van der Waals surface area contributed by atoms with Gasteiger partial charge in [0.05, 0.1) is 15.5 Å². The van der Waals surface area contributed by atoms with Gasteiger partial charge in [0.2, 0.25) is 0 Å². The minimum Gasteiger partial charge on any atom is -0.243 e. The van der Waals surface area contributed by atoms with Crippen molar-refractivity contribution in [3.8, 4) is 16.6 Å². The molecule has 0 fully saturated rings. The fourth-order valence-corrected chi connectivity index (χ4v) is 2.39. The molecule has 0 spiro atoms. The van der Waals surface area contributed by atoms with Crippen LogP contribution in [0.2, 0.25) is 0 Å². The zero-order chi connectivity index (χ0) is 10.8. The van der Waals surface area contributed by atoms with E-state index in [2.05, 4.69) is 20.9 Å². The van der Waals surface area contributed by atoms with Gasteiger partial charge in [-0.15, -0.1) is 11.3 Å². The highest BCUT2D eigenvalue weighted by Gasteiger charge is 2.12.